The molecule has 366 valence electrons. The van der Waals surface area contributed by atoms with Gasteiger partial charge in [0.15, 0.2) is 12.4 Å². The molecule has 3 aliphatic heterocycles. The maximum absolute atomic E-state index is 14.7. The predicted octanol–water partition coefficient (Wildman–Crippen LogP) is 7.48. The van der Waals surface area contributed by atoms with Crippen molar-refractivity contribution >= 4 is 40.0 Å². The highest BCUT2D eigenvalue weighted by Crippen LogP contribution is 2.54. The predicted molar refractivity (Wildman–Crippen MR) is 251 cm³/mol. The number of carbonyl (C=O) groups is 4. The monoisotopic (exact) mass is 924 g/mol. The Morgan fingerprint density at radius 2 is 1.53 bits per heavy atom. The van der Waals surface area contributed by atoms with Crippen molar-refractivity contribution < 1.29 is 63.3 Å². The smallest absolute Gasteiger partial charge is 0.312 e. The van der Waals surface area contributed by atoms with Gasteiger partial charge in [-0.15, -0.1) is 0 Å². The fourth-order valence-corrected chi connectivity index (χ4v) is 8.63. The number of amides is 2. The molecule has 3 heterocycles. The van der Waals surface area contributed by atoms with Crippen molar-refractivity contribution in [3.63, 3.8) is 0 Å². The number of benzene rings is 2. The van der Waals surface area contributed by atoms with Crippen LogP contribution in [-0.2, 0) is 28.6 Å². The van der Waals surface area contributed by atoms with E-state index in [0.717, 1.165) is 25.7 Å². The second kappa shape index (κ2) is 23.5. The summed E-state index contributed by atoms with van der Waals surface area (Å²) in [6.45, 7) is 20.1. The van der Waals surface area contributed by atoms with Gasteiger partial charge in [-0.25, -0.2) is 5.01 Å². The molecule has 2 amide bonds. The lowest BCUT2D eigenvalue weighted by atomic mass is 9.78. The van der Waals surface area contributed by atoms with Crippen molar-refractivity contribution in [3.05, 3.63) is 53.3 Å². The Kier molecular flexibility index (Phi) is 19.1. The molecule has 0 radical (unpaired) electrons. The molecule has 0 spiro atoms. The van der Waals surface area contributed by atoms with Crippen LogP contribution in [0.25, 0.3) is 10.8 Å². The number of esters is 1. The highest BCUT2D eigenvalue weighted by atomic mass is 16.7. The lowest BCUT2D eigenvalue weighted by Crippen LogP contribution is -2.49. The van der Waals surface area contributed by atoms with E-state index < -0.39 is 89.6 Å². The number of phenolic OH excluding ortho intramolecular Hbond substituents is 2. The van der Waals surface area contributed by atoms with E-state index in [2.05, 4.69) is 19.2 Å². The molecule has 9 atom stereocenters. The number of unbranched alkanes of at least 4 members (excludes halogenated alkanes) is 2. The lowest BCUT2D eigenvalue weighted by Gasteiger charge is -2.38. The molecule has 0 saturated heterocycles. The number of aliphatic hydroxyl groups excluding tert-OH is 2. The molecule has 66 heavy (non-hydrogen) atoms. The average Bonchev–Trinajstić information content (AvgIpc) is 3.55. The summed E-state index contributed by atoms with van der Waals surface area (Å²) in [6.07, 6.45) is 7.93. The number of rotatable bonds is 14. The Morgan fingerprint density at radius 1 is 0.879 bits per heavy atom. The molecule has 0 fully saturated rings. The van der Waals surface area contributed by atoms with Crippen molar-refractivity contribution in [3.8, 4) is 23.0 Å². The highest BCUT2D eigenvalue weighted by Gasteiger charge is 2.50. The molecule has 2 aromatic rings. The molecule has 0 aliphatic carbocycles. The van der Waals surface area contributed by atoms with Gasteiger partial charge in [0.25, 0.3) is 17.6 Å². The van der Waals surface area contributed by atoms with E-state index in [9.17, 15) is 39.6 Å². The van der Waals surface area contributed by atoms with E-state index in [1.165, 1.54) is 52.4 Å². The van der Waals surface area contributed by atoms with Crippen LogP contribution in [0.3, 0.4) is 0 Å². The zero-order valence-electron chi connectivity index (χ0n) is 40.8. The number of methoxy groups -OCH3 is 1. The first-order chi connectivity index (χ1) is 31.2. The molecule has 0 aromatic heterocycles. The van der Waals surface area contributed by atoms with Crippen molar-refractivity contribution in [2.45, 2.75) is 138 Å². The van der Waals surface area contributed by atoms with Gasteiger partial charge in [0.2, 0.25) is 0 Å². The van der Waals surface area contributed by atoms with Gasteiger partial charge < -0.3 is 49.4 Å². The fraction of sp³-hybridized carbons (Fsp3) is 0.600. The summed E-state index contributed by atoms with van der Waals surface area (Å²) in [5.41, 5.74) is 0.00676. The minimum atomic E-state index is -2.04. The summed E-state index contributed by atoms with van der Waals surface area (Å²) >= 11 is 0. The van der Waals surface area contributed by atoms with Gasteiger partial charge in [0, 0.05) is 86.9 Å². The molecule has 16 nitrogen and oxygen atoms in total. The standard InChI is InChI=1S/C50H73N3O13/c1-13-16-23-52(24-17-14-2)53(22-15-3)38(55)27-63-37-26-35-45(59)40-39(37)41-47(33(9)44(40)58)66-50(11,48(41)60)64-25-21-36(62-12)30(6)46(65-34(10)54)32(8)43(57)31(7)42(56)28(4)19-18-20-29(5)49(61)51-35/h18-21,25-26,28,30-32,36,42-43,46,56-59H,13-17,22-24,27H2,1-12H3,(H,51,61)/b19-18+,25-21+,29-20-/t28-,30+,31+,32+,36-,42-,43+,46+,50-/m0/s1. The SMILES string of the molecule is CCCCN(CCCC)N(CCC)C(=O)COc1cc2c(O)c3c(O)c(C)c4c(c13)C(=O)[C@@](C)(O/C=C/[C@H](OC)[C@@H](C)[C@@H](OC(C)=O)[C@H](C)[C@H](O)[C@H](C)[C@@H](O)[C@@H](C)/C=C/C=C(/C)C(=O)N2)O4. The second-order valence-corrected chi connectivity index (χ2v) is 17.9. The quantitative estimate of drug-likeness (QED) is 0.0706. The van der Waals surface area contributed by atoms with Crippen LogP contribution in [0.4, 0.5) is 5.69 Å². The number of anilines is 1. The van der Waals surface area contributed by atoms with Gasteiger partial charge in [-0.1, -0.05) is 79.5 Å². The molecule has 0 saturated carbocycles. The van der Waals surface area contributed by atoms with E-state index in [-0.39, 0.29) is 50.6 Å². The highest BCUT2D eigenvalue weighted by molar-refractivity contribution is 6.21. The van der Waals surface area contributed by atoms with Crippen LogP contribution in [-0.4, -0.2) is 118 Å². The van der Waals surface area contributed by atoms with Gasteiger partial charge in [0.1, 0.15) is 23.4 Å². The molecule has 3 aliphatic rings. The number of allylic oxidation sites excluding steroid dienone is 2. The summed E-state index contributed by atoms with van der Waals surface area (Å²) in [4.78, 5) is 55.0. The number of fused-ring (bicyclic) bond motifs is 14. The topological polar surface area (TPSA) is 214 Å². The molecule has 5 N–H and O–H groups in total. The van der Waals surface area contributed by atoms with E-state index in [1.807, 2.05) is 11.9 Å². The van der Waals surface area contributed by atoms with Crippen molar-refractivity contribution in [1.82, 2.24) is 10.0 Å². The van der Waals surface area contributed by atoms with Crippen LogP contribution in [0.15, 0.2) is 42.2 Å². The number of Topliss-reactive ketones (excluding diaryl/α,β-unsaturated/α-hetero) is 1. The maximum atomic E-state index is 14.7. The molecule has 2 aromatic carbocycles. The fourth-order valence-electron chi connectivity index (χ4n) is 8.63. The summed E-state index contributed by atoms with van der Waals surface area (Å²) in [5.74, 6) is -8.02. The summed E-state index contributed by atoms with van der Waals surface area (Å²) < 4.78 is 30.2. The number of aromatic hydroxyl groups is 2. The van der Waals surface area contributed by atoms with Crippen LogP contribution in [0.5, 0.6) is 23.0 Å². The number of nitrogens with zero attached hydrogens (tertiary/aromatic N) is 2. The Hall–Kier alpha value is -5.16. The van der Waals surface area contributed by atoms with Gasteiger partial charge in [-0.3, -0.25) is 24.2 Å². The number of carbonyl (C=O) groups excluding carboxylic acids is 4. The number of aliphatic hydroxyl groups is 2. The zero-order valence-corrected chi connectivity index (χ0v) is 40.8. The van der Waals surface area contributed by atoms with E-state index >= 15 is 0 Å². The van der Waals surface area contributed by atoms with Crippen LogP contribution < -0.4 is 14.8 Å². The first kappa shape index (κ1) is 53.5. The second-order valence-electron chi connectivity index (χ2n) is 17.9. The zero-order chi connectivity index (χ0) is 49.2. The Morgan fingerprint density at radius 3 is 2.12 bits per heavy atom. The Labute approximate surface area is 389 Å². The van der Waals surface area contributed by atoms with Gasteiger partial charge in [0.05, 0.1) is 41.2 Å². The largest absolute Gasteiger partial charge is 0.507 e. The number of phenols is 2. The minimum absolute atomic E-state index is 0.0535. The van der Waals surface area contributed by atoms with Crippen LogP contribution in [0, 0.1) is 30.6 Å². The van der Waals surface area contributed by atoms with E-state index in [0.29, 0.717) is 26.1 Å². The normalized spacial score (nSPS) is 28.0. The molecule has 16 heteroatoms. The number of hydrogen-bond donors (Lipinski definition) is 5. The molecule has 5 bridgehead atoms. The van der Waals surface area contributed by atoms with E-state index in [1.54, 1.807) is 51.8 Å². The van der Waals surface area contributed by atoms with Crippen LogP contribution in [0.2, 0.25) is 0 Å². The summed E-state index contributed by atoms with van der Waals surface area (Å²) in [6, 6.07) is 1.30. The number of hydrazine groups is 1. The van der Waals surface area contributed by atoms with Gasteiger partial charge >= 0.3 is 11.8 Å². The number of hydrogen-bond acceptors (Lipinski definition) is 14. The van der Waals surface area contributed by atoms with Crippen molar-refractivity contribution in [2.75, 3.05) is 38.7 Å². The first-order valence-electron chi connectivity index (χ1n) is 23.2. The van der Waals surface area contributed by atoms with Gasteiger partial charge in [-0.05, 0) is 39.2 Å². The third-order valence-corrected chi connectivity index (χ3v) is 12.8. The minimum Gasteiger partial charge on any atom is -0.507 e. The van der Waals surface area contributed by atoms with Crippen molar-refractivity contribution in [2.24, 2.45) is 23.7 Å². The summed E-state index contributed by atoms with van der Waals surface area (Å²) in [5, 5.41) is 52.8. The van der Waals surface area contributed by atoms with Crippen LogP contribution >= 0.6 is 0 Å². The molecule has 0 unspecified atom stereocenters. The molecular weight excluding hydrogens is 851 g/mol. The lowest BCUT2D eigenvalue weighted by molar-refractivity contribution is -0.160. The van der Waals surface area contributed by atoms with E-state index in [4.69, 9.17) is 23.7 Å². The Balaban J connectivity index is 1.93. The number of ether oxygens (including phenoxy) is 5. The van der Waals surface area contributed by atoms with Gasteiger partial charge in [-0.2, -0.15) is 0 Å². The number of nitrogens with one attached hydrogen (secondary N) is 1. The third-order valence-electron chi connectivity index (χ3n) is 12.8. The van der Waals surface area contributed by atoms with Crippen LogP contribution in [0.1, 0.15) is 117 Å². The third kappa shape index (κ3) is 11.9. The molecular formula is C50H73N3O13. The summed E-state index contributed by atoms with van der Waals surface area (Å²) in [7, 11) is 1.45. The average molecular weight is 924 g/mol. The first-order valence-corrected chi connectivity index (χ1v) is 23.2. The van der Waals surface area contributed by atoms with Crippen molar-refractivity contribution in [1.29, 1.82) is 0 Å². The number of ketones is 1. The maximum Gasteiger partial charge on any atom is 0.312 e. The Bertz CT molecular complexity index is 2140. The molecule has 5 rings (SSSR count).